The number of aliphatic hydroxyl groups is 1. The zero-order valence-corrected chi connectivity index (χ0v) is 17.3. The van der Waals surface area contributed by atoms with Gasteiger partial charge in [-0.25, -0.2) is 4.98 Å². The number of amides is 1. The second-order valence-electron chi connectivity index (χ2n) is 7.49. The maximum atomic E-state index is 12.7. The highest BCUT2D eigenvalue weighted by Gasteiger charge is 2.18. The van der Waals surface area contributed by atoms with E-state index in [9.17, 15) is 9.90 Å². The molecule has 2 heterocycles. The lowest BCUT2D eigenvalue weighted by Gasteiger charge is -2.19. The number of aromatic nitrogens is 2. The molecule has 0 radical (unpaired) electrons. The van der Waals surface area contributed by atoms with Gasteiger partial charge < -0.3 is 10.4 Å². The molecule has 0 aliphatic heterocycles. The summed E-state index contributed by atoms with van der Waals surface area (Å²) in [5.41, 5.74) is 1.68. The molecular weight excluding hydrogens is 382 g/mol. The van der Waals surface area contributed by atoms with E-state index in [0.29, 0.717) is 17.1 Å². The van der Waals surface area contributed by atoms with Crippen LogP contribution in [0.2, 0.25) is 5.02 Å². The third-order valence-electron chi connectivity index (χ3n) is 4.38. The summed E-state index contributed by atoms with van der Waals surface area (Å²) >= 11 is 7.38. The molecule has 5 nitrogen and oxygen atoms in total. The lowest BCUT2D eigenvalue weighted by Crippen LogP contribution is -2.33. The first-order valence-electron chi connectivity index (χ1n) is 8.99. The molecule has 0 aliphatic carbocycles. The quantitative estimate of drug-likeness (QED) is 0.594. The molecule has 0 unspecified atom stereocenters. The van der Waals surface area contributed by atoms with Crippen LogP contribution in [-0.2, 0) is 0 Å². The second-order valence-corrected chi connectivity index (χ2v) is 8.76. The molecule has 0 fully saturated rings. The Morgan fingerprint density at radius 2 is 2.07 bits per heavy atom. The van der Waals surface area contributed by atoms with E-state index in [-0.39, 0.29) is 11.9 Å². The number of rotatable bonds is 7. The van der Waals surface area contributed by atoms with Crippen LogP contribution in [0.25, 0.3) is 16.2 Å². The smallest absolute Gasteiger partial charge is 0.269 e. The Morgan fingerprint density at radius 1 is 1.37 bits per heavy atom. The molecule has 0 saturated carbocycles. The van der Waals surface area contributed by atoms with Gasteiger partial charge in [-0.05, 0) is 52.2 Å². The van der Waals surface area contributed by atoms with Crippen molar-refractivity contribution in [1.82, 2.24) is 14.7 Å². The minimum atomic E-state index is -0.669. The summed E-state index contributed by atoms with van der Waals surface area (Å²) in [5.74, 6) is -0.114. The fourth-order valence-corrected chi connectivity index (χ4v) is 3.90. The van der Waals surface area contributed by atoms with Crippen LogP contribution in [0.15, 0.2) is 35.8 Å². The van der Waals surface area contributed by atoms with Crippen LogP contribution in [0.1, 0.15) is 50.5 Å². The largest absolute Gasteiger partial charge is 0.390 e. The van der Waals surface area contributed by atoms with E-state index >= 15 is 0 Å². The molecule has 1 atom stereocenters. The zero-order valence-electron chi connectivity index (χ0n) is 15.7. The first-order chi connectivity index (χ1) is 12.7. The first-order valence-corrected chi connectivity index (χ1v) is 10.2. The number of nitrogens with zero attached hydrogens (tertiary/aromatic N) is 2. The molecule has 3 aromatic rings. The maximum Gasteiger partial charge on any atom is 0.269 e. The number of fused-ring (bicyclic) bond motifs is 1. The number of hydrogen-bond donors (Lipinski definition) is 2. The highest BCUT2D eigenvalue weighted by Crippen LogP contribution is 2.25. The molecule has 0 bridgehead atoms. The number of hydrogen-bond acceptors (Lipinski definition) is 4. The fourth-order valence-electron chi connectivity index (χ4n) is 2.92. The maximum absolute atomic E-state index is 12.7. The van der Waals surface area contributed by atoms with Crippen molar-refractivity contribution in [3.05, 3.63) is 46.6 Å². The first kappa shape index (κ1) is 19.9. The van der Waals surface area contributed by atoms with Crippen molar-refractivity contribution in [2.24, 2.45) is 0 Å². The summed E-state index contributed by atoms with van der Waals surface area (Å²) in [4.78, 5) is 18.0. The van der Waals surface area contributed by atoms with E-state index in [4.69, 9.17) is 11.6 Å². The van der Waals surface area contributed by atoms with Crippen molar-refractivity contribution < 1.29 is 9.90 Å². The van der Waals surface area contributed by atoms with Crippen molar-refractivity contribution >= 4 is 33.8 Å². The van der Waals surface area contributed by atoms with Gasteiger partial charge in [-0.3, -0.25) is 9.20 Å². The third-order valence-corrected chi connectivity index (χ3v) is 5.48. The van der Waals surface area contributed by atoms with Gasteiger partial charge in [0.2, 0.25) is 0 Å². The molecule has 1 aromatic carbocycles. The molecule has 3 rings (SSSR count). The van der Waals surface area contributed by atoms with Crippen LogP contribution in [0, 0.1) is 0 Å². The van der Waals surface area contributed by atoms with Gasteiger partial charge in [-0.1, -0.05) is 23.7 Å². The van der Waals surface area contributed by atoms with E-state index in [1.54, 1.807) is 13.8 Å². The monoisotopic (exact) mass is 405 g/mol. The number of thiazole rings is 1. The normalized spacial score (nSPS) is 13.1. The summed E-state index contributed by atoms with van der Waals surface area (Å²) in [5, 5.41) is 15.3. The summed E-state index contributed by atoms with van der Waals surface area (Å²) in [6.45, 7) is 5.59. The van der Waals surface area contributed by atoms with Crippen molar-refractivity contribution in [2.45, 2.75) is 51.7 Å². The van der Waals surface area contributed by atoms with Gasteiger partial charge in [0.15, 0.2) is 4.96 Å². The second kappa shape index (κ2) is 8.00. The number of carbonyl (C=O) groups excluding carboxylic acids is 1. The van der Waals surface area contributed by atoms with Crippen LogP contribution in [0.4, 0.5) is 0 Å². The fraction of sp³-hybridized carbons (Fsp3) is 0.400. The Labute approximate surface area is 168 Å². The van der Waals surface area contributed by atoms with E-state index in [1.165, 1.54) is 11.3 Å². The number of imidazole rings is 1. The van der Waals surface area contributed by atoms with Crippen molar-refractivity contribution in [1.29, 1.82) is 0 Å². The lowest BCUT2D eigenvalue weighted by atomic mass is 10.00. The highest BCUT2D eigenvalue weighted by molar-refractivity contribution is 7.15. The van der Waals surface area contributed by atoms with Crippen molar-refractivity contribution in [3.8, 4) is 11.3 Å². The summed E-state index contributed by atoms with van der Waals surface area (Å²) < 4.78 is 1.83. The van der Waals surface area contributed by atoms with Gasteiger partial charge in [0.25, 0.3) is 5.91 Å². The lowest BCUT2D eigenvalue weighted by molar-refractivity contribution is 0.0674. The Balaban J connectivity index is 1.69. The molecule has 0 saturated heterocycles. The number of nitrogens with one attached hydrogen (secondary N) is 1. The SMILES string of the molecule is C[C@H](CCCC(C)(C)O)NC(=O)c1csc2nc(-c3ccc(Cl)cc3)cn12. The Kier molecular flexibility index (Phi) is 5.89. The highest BCUT2D eigenvalue weighted by atomic mass is 35.5. The number of halogens is 1. The predicted octanol–water partition coefficient (Wildman–Crippen LogP) is 4.78. The molecule has 144 valence electrons. The third kappa shape index (κ3) is 5.09. The minimum Gasteiger partial charge on any atom is -0.390 e. The van der Waals surface area contributed by atoms with Crippen LogP contribution < -0.4 is 5.32 Å². The Morgan fingerprint density at radius 3 is 2.74 bits per heavy atom. The standard InChI is InChI=1S/C20H24ClN3O2S/c1-13(5-4-10-20(2,3)26)22-18(25)17-12-27-19-23-16(11-24(17)19)14-6-8-15(21)9-7-14/h6-9,11-13,26H,4-5,10H2,1-3H3,(H,22,25)/t13-/m1/s1. The van der Waals surface area contributed by atoms with E-state index < -0.39 is 5.60 Å². The topological polar surface area (TPSA) is 66.6 Å². The number of benzene rings is 1. The minimum absolute atomic E-state index is 0.0362. The van der Waals surface area contributed by atoms with Crippen LogP contribution in [0.5, 0.6) is 0 Å². The average Bonchev–Trinajstić information content (AvgIpc) is 3.14. The molecule has 7 heteroatoms. The summed E-state index contributed by atoms with van der Waals surface area (Å²) in [6, 6.07) is 7.52. The average molecular weight is 406 g/mol. The molecule has 0 aliphatic rings. The van der Waals surface area contributed by atoms with Gasteiger partial charge in [0.1, 0.15) is 5.69 Å². The zero-order chi connectivity index (χ0) is 19.6. The van der Waals surface area contributed by atoms with Crippen molar-refractivity contribution in [2.75, 3.05) is 0 Å². The van der Waals surface area contributed by atoms with Crippen LogP contribution in [-0.4, -0.2) is 32.0 Å². The van der Waals surface area contributed by atoms with E-state index in [0.717, 1.165) is 29.1 Å². The molecular formula is C20H24ClN3O2S. The van der Waals surface area contributed by atoms with Gasteiger partial charge in [0, 0.05) is 28.2 Å². The summed E-state index contributed by atoms with van der Waals surface area (Å²) in [6.07, 6.45) is 4.27. The molecule has 2 N–H and O–H groups in total. The van der Waals surface area contributed by atoms with E-state index in [1.807, 2.05) is 47.2 Å². The summed E-state index contributed by atoms with van der Waals surface area (Å²) in [7, 11) is 0. The Hall–Kier alpha value is -1.89. The van der Waals surface area contributed by atoms with E-state index in [2.05, 4.69) is 10.3 Å². The van der Waals surface area contributed by atoms with Gasteiger partial charge >= 0.3 is 0 Å². The molecule has 0 spiro atoms. The molecule has 1 amide bonds. The van der Waals surface area contributed by atoms with Gasteiger partial charge in [-0.15, -0.1) is 11.3 Å². The van der Waals surface area contributed by atoms with Crippen LogP contribution in [0.3, 0.4) is 0 Å². The van der Waals surface area contributed by atoms with Crippen LogP contribution >= 0.6 is 22.9 Å². The molecule has 27 heavy (non-hydrogen) atoms. The molecule has 2 aromatic heterocycles. The number of carbonyl (C=O) groups is 1. The van der Waals surface area contributed by atoms with Crippen molar-refractivity contribution in [3.63, 3.8) is 0 Å². The Bertz CT molecular complexity index is 925. The van der Waals surface area contributed by atoms with Gasteiger partial charge in [-0.2, -0.15) is 0 Å². The van der Waals surface area contributed by atoms with Gasteiger partial charge in [0.05, 0.1) is 11.3 Å². The predicted molar refractivity (Wildman–Crippen MR) is 111 cm³/mol.